The van der Waals surface area contributed by atoms with Crippen LogP contribution in [-0.2, 0) is 11.2 Å². The second-order valence-electron chi connectivity index (χ2n) is 7.84. The number of hydrogen-bond acceptors (Lipinski definition) is 4. The van der Waals surface area contributed by atoms with Crippen molar-refractivity contribution in [1.82, 2.24) is 20.0 Å². The maximum Gasteiger partial charge on any atom is 0.255 e. The Morgan fingerprint density at radius 1 is 1.18 bits per heavy atom. The molecule has 1 unspecified atom stereocenters. The summed E-state index contributed by atoms with van der Waals surface area (Å²) in [7, 11) is 1.79. The first kappa shape index (κ1) is 18.6. The molecule has 2 amide bonds. The summed E-state index contributed by atoms with van der Waals surface area (Å²) in [6, 6.07) is 10.2. The van der Waals surface area contributed by atoms with Crippen LogP contribution < -0.4 is 0 Å². The molecule has 0 saturated carbocycles. The number of amides is 2. The lowest BCUT2D eigenvalue weighted by molar-refractivity contribution is -0.132. The summed E-state index contributed by atoms with van der Waals surface area (Å²) in [4.78, 5) is 29.3. The van der Waals surface area contributed by atoms with Gasteiger partial charge in [-0.15, -0.1) is 0 Å². The summed E-state index contributed by atoms with van der Waals surface area (Å²) in [6.45, 7) is 1.34. The zero-order valence-electron chi connectivity index (χ0n) is 16.3. The number of hydrogen-bond donors (Lipinski definition) is 0. The summed E-state index contributed by atoms with van der Waals surface area (Å²) in [6.07, 6.45) is 7.63. The summed E-state index contributed by atoms with van der Waals surface area (Å²) in [5.74, 6) is 0.460. The lowest BCUT2D eigenvalue weighted by Gasteiger charge is -2.29. The molecule has 4 rings (SSSR count). The van der Waals surface area contributed by atoms with Crippen molar-refractivity contribution in [3.8, 4) is 0 Å². The smallest absolute Gasteiger partial charge is 0.255 e. The Morgan fingerprint density at radius 3 is 2.86 bits per heavy atom. The van der Waals surface area contributed by atoms with E-state index in [1.165, 1.54) is 23.5 Å². The van der Waals surface area contributed by atoms with Crippen molar-refractivity contribution >= 4 is 11.8 Å². The average molecular weight is 378 g/mol. The minimum atomic E-state index is -0.0843. The van der Waals surface area contributed by atoms with Crippen LogP contribution in [0.4, 0.5) is 0 Å². The Labute approximate surface area is 165 Å². The number of carbonyl (C=O) groups excluding carboxylic acids is 2. The highest BCUT2D eigenvalue weighted by molar-refractivity contribution is 5.93. The standard InChI is InChI=1S/C22H26N4O2/c1-25(22(28)18-10-11-23-24-14-18)15-19-6-4-12-26(19)21(27)13-17-9-8-16-5-2-3-7-20(16)17/h2-3,5,7,10-11,14,17,19H,4,6,8-9,12-13,15H2,1H3/t17?,19-/m0/s1. The molecule has 6 heteroatoms. The van der Waals surface area contributed by atoms with Gasteiger partial charge in [-0.05, 0) is 48.8 Å². The lowest BCUT2D eigenvalue weighted by Crippen LogP contribution is -2.44. The second kappa shape index (κ2) is 8.09. The van der Waals surface area contributed by atoms with Gasteiger partial charge in [0.25, 0.3) is 5.91 Å². The zero-order valence-corrected chi connectivity index (χ0v) is 16.3. The molecule has 1 aliphatic heterocycles. The van der Waals surface area contributed by atoms with Crippen LogP contribution in [0.5, 0.6) is 0 Å². The van der Waals surface area contributed by atoms with Gasteiger partial charge in [-0.1, -0.05) is 24.3 Å². The van der Waals surface area contributed by atoms with E-state index in [9.17, 15) is 9.59 Å². The first-order chi connectivity index (χ1) is 13.6. The van der Waals surface area contributed by atoms with Crippen LogP contribution >= 0.6 is 0 Å². The second-order valence-corrected chi connectivity index (χ2v) is 7.84. The van der Waals surface area contributed by atoms with Crippen LogP contribution in [0.3, 0.4) is 0 Å². The monoisotopic (exact) mass is 378 g/mol. The highest BCUT2D eigenvalue weighted by Crippen LogP contribution is 2.36. The Hall–Kier alpha value is -2.76. The number of fused-ring (bicyclic) bond motifs is 1. The van der Waals surface area contributed by atoms with Crippen LogP contribution in [-0.4, -0.2) is 58.0 Å². The molecule has 2 heterocycles. The summed E-state index contributed by atoms with van der Waals surface area (Å²) in [5.41, 5.74) is 3.24. The molecule has 0 N–H and O–H groups in total. The Bertz CT molecular complexity index is 855. The van der Waals surface area contributed by atoms with E-state index in [4.69, 9.17) is 0 Å². The Balaban J connectivity index is 1.38. The lowest BCUT2D eigenvalue weighted by atomic mass is 9.97. The molecule has 0 spiro atoms. The summed E-state index contributed by atoms with van der Waals surface area (Å²) >= 11 is 0. The van der Waals surface area contributed by atoms with Crippen LogP contribution in [0.25, 0.3) is 0 Å². The summed E-state index contributed by atoms with van der Waals surface area (Å²) < 4.78 is 0. The van der Waals surface area contributed by atoms with Crippen LogP contribution in [0, 0.1) is 0 Å². The van der Waals surface area contributed by atoms with E-state index < -0.39 is 0 Å². The fourth-order valence-electron chi connectivity index (χ4n) is 4.58. The van der Waals surface area contributed by atoms with Gasteiger partial charge in [0.2, 0.25) is 5.91 Å². The molecule has 2 atom stereocenters. The molecule has 1 aromatic carbocycles. The van der Waals surface area contributed by atoms with Gasteiger partial charge in [-0.25, -0.2) is 0 Å². The van der Waals surface area contributed by atoms with Crippen LogP contribution in [0.15, 0.2) is 42.7 Å². The van der Waals surface area contributed by atoms with Crippen LogP contribution in [0.2, 0.25) is 0 Å². The number of rotatable bonds is 5. The molecule has 146 valence electrons. The van der Waals surface area contributed by atoms with E-state index in [0.29, 0.717) is 24.4 Å². The van der Waals surface area contributed by atoms with Gasteiger partial charge in [-0.3, -0.25) is 9.59 Å². The predicted octanol–water partition coefficient (Wildman–Crippen LogP) is 2.66. The van der Waals surface area contributed by atoms with Crippen molar-refractivity contribution in [2.24, 2.45) is 0 Å². The van der Waals surface area contributed by atoms with Gasteiger partial charge in [-0.2, -0.15) is 10.2 Å². The van der Waals surface area contributed by atoms with Gasteiger partial charge in [0.1, 0.15) is 0 Å². The molecular formula is C22H26N4O2. The number of likely N-dealkylation sites (N-methyl/N-ethyl adjacent to an activating group) is 1. The summed E-state index contributed by atoms with van der Waals surface area (Å²) in [5, 5.41) is 7.49. The molecule has 1 aliphatic carbocycles. The fourth-order valence-corrected chi connectivity index (χ4v) is 4.58. The van der Waals surface area contributed by atoms with E-state index >= 15 is 0 Å². The molecule has 0 radical (unpaired) electrons. The largest absolute Gasteiger partial charge is 0.340 e. The predicted molar refractivity (Wildman–Crippen MR) is 106 cm³/mol. The van der Waals surface area contributed by atoms with Gasteiger partial charge >= 0.3 is 0 Å². The quantitative estimate of drug-likeness (QED) is 0.802. The molecule has 1 aromatic heterocycles. The van der Waals surface area contributed by atoms with Crippen LogP contribution in [0.1, 0.15) is 53.1 Å². The number of aryl methyl sites for hydroxylation is 1. The van der Waals surface area contributed by atoms with E-state index in [1.807, 2.05) is 4.90 Å². The Morgan fingerprint density at radius 2 is 2.04 bits per heavy atom. The first-order valence-electron chi connectivity index (χ1n) is 10.0. The number of likely N-dealkylation sites (tertiary alicyclic amines) is 1. The zero-order chi connectivity index (χ0) is 19.5. The van der Waals surface area contributed by atoms with Gasteiger partial charge in [0.15, 0.2) is 0 Å². The number of benzene rings is 1. The highest BCUT2D eigenvalue weighted by atomic mass is 16.2. The minimum Gasteiger partial charge on any atom is -0.340 e. The normalized spacial score (nSPS) is 20.8. The van der Waals surface area contributed by atoms with E-state index in [1.54, 1.807) is 18.0 Å². The molecular weight excluding hydrogens is 352 g/mol. The average Bonchev–Trinajstić information content (AvgIpc) is 3.35. The van der Waals surface area contributed by atoms with E-state index in [2.05, 4.69) is 34.5 Å². The van der Waals surface area contributed by atoms with E-state index in [-0.39, 0.29) is 17.9 Å². The topological polar surface area (TPSA) is 66.4 Å². The molecule has 6 nitrogen and oxygen atoms in total. The van der Waals surface area contributed by atoms with Gasteiger partial charge in [0.05, 0.1) is 18.0 Å². The Kier molecular flexibility index (Phi) is 5.37. The SMILES string of the molecule is CN(C[C@@H]1CCCN1C(=O)CC1CCc2ccccc21)C(=O)c1ccnnc1. The molecule has 28 heavy (non-hydrogen) atoms. The van der Waals surface area contributed by atoms with E-state index in [0.717, 1.165) is 32.2 Å². The van der Waals surface area contributed by atoms with Crippen molar-refractivity contribution in [2.75, 3.05) is 20.1 Å². The first-order valence-corrected chi connectivity index (χ1v) is 10.0. The fraction of sp³-hybridized carbons (Fsp3) is 0.455. The van der Waals surface area contributed by atoms with Crippen molar-refractivity contribution < 1.29 is 9.59 Å². The highest BCUT2D eigenvalue weighted by Gasteiger charge is 2.33. The molecule has 0 bridgehead atoms. The maximum atomic E-state index is 13.0. The third-order valence-corrected chi connectivity index (χ3v) is 6.04. The molecule has 1 fully saturated rings. The number of carbonyl (C=O) groups is 2. The number of nitrogens with zero attached hydrogens (tertiary/aromatic N) is 4. The molecule has 2 aliphatic rings. The van der Waals surface area contributed by atoms with Gasteiger partial charge in [0, 0.05) is 32.6 Å². The van der Waals surface area contributed by atoms with Crippen molar-refractivity contribution in [1.29, 1.82) is 0 Å². The number of aromatic nitrogens is 2. The third kappa shape index (κ3) is 3.77. The van der Waals surface area contributed by atoms with Crippen molar-refractivity contribution in [2.45, 2.75) is 44.1 Å². The maximum absolute atomic E-state index is 13.0. The van der Waals surface area contributed by atoms with Gasteiger partial charge < -0.3 is 9.80 Å². The molecule has 2 aromatic rings. The third-order valence-electron chi connectivity index (χ3n) is 6.04. The minimum absolute atomic E-state index is 0.0843. The molecule has 1 saturated heterocycles. The van der Waals surface area contributed by atoms with Crippen molar-refractivity contribution in [3.63, 3.8) is 0 Å². The van der Waals surface area contributed by atoms with Crippen molar-refractivity contribution in [3.05, 3.63) is 59.4 Å².